The van der Waals surface area contributed by atoms with Gasteiger partial charge in [-0.25, -0.2) is 0 Å². The molecule has 0 N–H and O–H groups in total. The summed E-state index contributed by atoms with van der Waals surface area (Å²) in [5.41, 5.74) is 1.01. The molecule has 2 aliphatic rings. The Morgan fingerprint density at radius 2 is 2.18 bits per heavy atom. The summed E-state index contributed by atoms with van der Waals surface area (Å²) in [4.78, 5) is 13.8. The first-order valence-corrected chi connectivity index (χ1v) is 6.28. The van der Waals surface area contributed by atoms with Gasteiger partial charge in [0.05, 0.1) is 12.6 Å². The van der Waals surface area contributed by atoms with E-state index in [0.29, 0.717) is 13.0 Å². The molecule has 1 aromatic carbocycles. The van der Waals surface area contributed by atoms with Crippen molar-refractivity contribution >= 4 is 17.5 Å². The number of carbonyl (C=O) groups is 1. The topological polar surface area (TPSA) is 32.8 Å². The average molecular weight is 252 g/mol. The molecule has 1 aromatic rings. The number of carbonyl (C=O) groups excluding carboxylic acids is 1. The zero-order valence-electron chi connectivity index (χ0n) is 9.43. The Kier molecular flexibility index (Phi) is 2.81. The van der Waals surface area contributed by atoms with E-state index in [2.05, 4.69) is 0 Å². The number of epoxide rings is 1. The minimum absolute atomic E-state index is 0.213. The highest BCUT2D eigenvalue weighted by Gasteiger charge is 2.42. The molecule has 3 nitrogen and oxygen atoms in total. The number of nitrogens with zero attached hydrogens (tertiary/aromatic N) is 1. The van der Waals surface area contributed by atoms with E-state index in [-0.39, 0.29) is 18.1 Å². The van der Waals surface area contributed by atoms with Gasteiger partial charge in [0.2, 0.25) is 5.91 Å². The van der Waals surface area contributed by atoms with Crippen LogP contribution in [0.1, 0.15) is 18.4 Å². The van der Waals surface area contributed by atoms with Gasteiger partial charge in [-0.3, -0.25) is 4.79 Å². The molecule has 0 aliphatic carbocycles. The lowest BCUT2D eigenvalue weighted by Crippen LogP contribution is -2.36. The Hall–Kier alpha value is -1.06. The van der Waals surface area contributed by atoms with Crippen LogP contribution in [0.25, 0.3) is 0 Å². The van der Waals surface area contributed by atoms with Gasteiger partial charge in [-0.15, -0.1) is 0 Å². The van der Waals surface area contributed by atoms with Gasteiger partial charge in [0.25, 0.3) is 0 Å². The lowest BCUT2D eigenvalue weighted by atomic mass is 10.1. The maximum atomic E-state index is 11.9. The van der Waals surface area contributed by atoms with Crippen molar-refractivity contribution in [2.45, 2.75) is 31.5 Å². The standard InChI is InChI=1S/C13H14ClNO2/c14-10-4-2-1-3-9(10)7-15-11(12-8-17-12)5-6-13(15)16/h1-4,11-12H,5-8H2/t11-,12-/m0/s1. The molecule has 0 saturated carbocycles. The van der Waals surface area contributed by atoms with Crippen LogP contribution in [0.2, 0.25) is 5.02 Å². The largest absolute Gasteiger partial charge is 0.371 e. The van der Waals surface area contributed by atoms with Crippen molar-refractivity contribution in [1.29, 1.82) is 0 Å². The minimum Gasteiger partial charge on any atom is -0.371 e. The molecule has 0 unspecified atom stereocenters. The van der Waals surface area contributed by atoms with Crippen molar-refractivity contribution in [2.75, 3.05) is 6.61 Å². The van der Waals surface area contributed by atoms with Gasteiger partial charge in [0.15, 0.2) is 0 Å². The maximum Gasteiger partial charge on any atom is 0.223 e. The molecule has 17 heavy (non-hydrogen) atoms. The first-order chi connectivity index (χ1) is 8.25. The van der Waals surface area contributed by atoms with Crippen molar-refractivity contribution in [1.82, 2.24) is 4.90 Å². The Bertz CT molecular complexity index is 445. The van der Waals surface area contributed by atoms with Gasteiger partial charge < -0.3 is 9.64 Å². The summed E-state index contributed by atoms with van der Waals surface area (Å²) in [6.07, 6.45) is 1.80. The van der Waals surface area contributed by atoms with Gasteiger partial charge >= 0.3 is 0 Å². The predicted molar refractivity (Wildman–Crippen MR) is 64.8 cm³/mol. The van der Waals surface area contributed by atoms with Crippen molar-refractivity contribution in [3.63, 3.8) is 0 Å². The van der Waals surface area contributed by atoms with E-state index < -0.39 is 0 Å². The Morgan fingerprint density at radius 3 is 2.88 bits per heavy atom. The fourth-order valence-corrected chi connectivity index (χ4v) is 2.63. The quantitative estimate of drug-likeness (QED) is 0.772. The van der Waals surface area contributed by atoms with Crippen molar-refractivity contribution in [3.8, 4) is 0 Å². The van der Waals surface area contributed by atoms with Crippen LogP contribution in [-0.4, -0.2) is 29.6 Å². The van der Waals surface area contributed by atoms with Gasteiger partial charge in [0, 0.05) is 18.0 Å². The van der Waals surface area contributed by atoms with Gasteiger partial charge in [-0.05, 0) is 18.1 Å². The second-order valence-corrected chi connectivity index (χ2v) is 5.00. The molecule has 2 saturated heterocycles. The summed E-state index contributed by atoms with van der Waals surface area (Å²) >= 11 is 6.12. The van der Waals surface area contributed by atoms with Gasteiger partial charge in [-0.2, -0.15) is 0 Å². The van der Waals surface area contributed by atoms with Crippen LogP contribution >= 0.6 is 11.6 Å². The average Bonchev–Trinajstić information content (AvgIpc) is 3.09. The number of amides is 1. The SMILES string of the molecule is O=C1CC[C@@H]([C@@H]2CO2)N1Cc1ccccc1Cl. The molecule has 0 aromatic heterocycles. The number of likely N-dealkylation sites (tertiary alicyclic amines) is 1. The van der Waals surface area contributed by atoms with E-state index in [1.54, 1.807) is 0 Å². The van der Waals surface area contributed by atoms with Gasteiger partial charge in [-0.1, -0.05) is 29.8 Å². The van der Waals surface area contributed by atoms with Crippen LogP contribution in [0.4, 0.5) is 0 Å². The molecule has 3 rings (SSSR count). The highest BCUT2D eigenvalue weighted by atomic mass is 35.5. The Labute approximate surface area is 105 Å². The first-order valence-electron chi connectivity index (χ1n) is 5.90. The summed E-state index contributed by atoms with van der Waals surface area (Å²) in [7, 11) is 0. The van der Waals surface area contributed by atoms with Crippen LogP contribution < -0.4 is 0 Å². The molecule has 1 amide bonds. The monoisotopic (exact) mass is 251 g/mol. The Morgan fingerprint density at radius 1 is 1.41 bits per heavy atom. The molecule has 2 aliphatic heterocycles. The van der Waals surface area contributed by atoms with E-state index >= 15 is 0 Å². The molecular formula is C13H14ClNO2. The highest BCUT2D eigenvalue weighted by Crippen LogP contribution is 2.31. The zero-order valence-corrected chi connectivity index (χ0v) is 10.2. The van der Waals surface area contributed by atoms with E-state index in [1.165, 1.54) is 0 Å². The molecule has 2 fully saturated rings. The molecule has 0 spiro atoms. The molecule has 4 heteroatoms. The minimum atomic E-state index is 0.213. The van der Waals surface area contributed by atoms with Crippen LogP contribution in [0.15, 0.2) is 24.3 Å². The molecule has 2 heterocycles. The van der Waals surface area contributed by atoms with E-state index in [4.69, 9.17) is 16.3 Å². The lowest BCUT2D eigenvalue weighted by molar-refractivity contribution is -0.129. The van der Waals surface area contributed by atoms with Crippen LogP contribution in [0.3, 0.4) is 0 Å². The second-order valence-electron chi connectivity index (χ2n) is 4.59. The Balaban J connectivity index is 1.78. The fraction of sp³-hybridized carbons (Fsp3) is 0.462. The summed E-state index contributed by atoms with van der Waals surface area (Å²) < 4.78 is 5.31. The summed E-state index contributed by atoms with van der Waals surface area (Å²) in [6, 6.07) is 7.93. The molecule has 90 valence electrons. The number of halogens is 1. The molecule has 2 atom stereocenters. The summed E-state index contributed by atoms with van der Waals surface area (Å²) in [5.74, 6) is 0.213. The summed E-state index contributed by atoms with van der Waals surface area (Å²) in [6.45, 7) is 1.39. The van der Waals surface area contributed by atoms with Crippen LogP contribution in [0, 0.1) is 0 Å². The lowest BCUT2D eigenvalue weighted by Gasteiger charge is -2.24. The third-order valence-corrected chi connectivity index (χ3v) is 3.83. The fourth-order valence-electron chi connectivity index (χ4n) is 2.44. The van der Waals surface area contributed by atoms with Crippen molar-refractivity contribution in [2.24, 2.45) is 0 Å². The normalized spacial score (nSPS) is 27.6. The third kappa shape index (κ3) is 2.17. The number of hydrogen-bond acceptors (Lipinski definition) is 2. The van der Waals surface area contributed by atoms with Crippen molar-refractivity contribution < 1.29 is 9.53 Å². The van der Waals surface area contributed by atoms with Crippen LogP contribution in [-0.2, 0) is 16.1 Å². The van der Waals surface area contributed by atoms with E-state index in [0.717, 1.165) is 23.6 Å². The second kappa shape index (κ2) is 4.31. The molecule has 0 bridgehead atoms. The van der Waals surface area contributed by atoms with Gasteiger partial charge in [0.1, 0.15) is 6.10 Å². The summed E-state index contributed by atoms with van der Waals surface area (Å²) in [5, 5.41) is 0.725. The number of ether oxygens (including phenoxy) is 1. The predicted octanol–water partition coefficient (Wildman–Crippen LogP) is 2.23. The van der Waals surface area contributed by atoms with E-state index in [1.807, 2.05) is 29.2 Å². The van der Waals surface area contributed by atoms with Crippen LogP contribution in [0.5, 0.6) is 0 Å². The third-order valence-electron chi connectivity index (χ3n) is 3.46. The number of hydrogen-bond donors (Lipinski definition) is 0. The number of rotatable bonds is 3. The highest BCUT2D eigenvalue weighted by molar-refractivity contribution is 6.31. The maximum absolute atomic E-state index is 11.9. The zero-order chi connectivity index (χ0) is 11.8. The van der Waals surface area contributed by atoms with Crippen molar-refractivity contribution in [3.05, 3.63) is 34.9 Å². The molecular weight excluding hydrogens is 238 g/mol. The van der Waals surface area contributed by atoms with E-state index in [9.17, 15) is 4.79 Å². The molecule has 0 radical (unpaired) electrons. The first kappa shape index (κ1) is 11.1. The smallest absolute Gasteiger partial charge is 0.223 e. The number of benzene rings is 1.